The van der Waals surface area contributed by atoms with Gasteiger partial charge in [0.05, 0.1) is 11.7 Å². The Balaban J connectivity index is 1.30. The van der Waals surface area contributed by atoms with Gasteiger partial charge in [-0.1, -0.05) is 6.07 Å². The van der Waals surface area contributed by atoms with E-state index in [1.54, 1.807) is 4.68 Å². The molecule has 0 unspecified atom stereocenters. The number of rotatable bonds is 4. The highest BCUT2D eigenvalue weighted by Crippen LogP contribution is 2.31. The Morgan fingerprint density at radius 1 is 1.07 bits per heavy atom. The molecule has 1 aliphatic heterocycles. The van der Waals surface area contributed by atoms with Crippen molar-refractivity contribution in [2.24, 2.45) is 13.0 Å². The number of nitrogens with zero attached hydrogens (tertiary/aromatic N) is 5. The van der Waals surface area contributed by atoms with Crippen molar-refractivity contribution in [3.8, 4) is 11.1 Å². The van der Waals surface area contributed by atoms with Crippen molar-refractivity contribution >= 4 is 22.6 Å². The van der Waals surface area contributed by atoms with Gasteiger partial charge in [0.25, 0.3) is 0 Å². The van der Waals surface area contributed by atoms with E-state index in [-0.39, 0.29) is 11.8 Å². The van der Waals surface area contributed by atoms with Crippen LogP contribution >= 0.6 is 0 Å². The Labute approximate surface area is 163 Å². The van der Waals surface area contributed by atoms with Gasteiger partial charge < -0.3 is 10.2 Å². The fourth-order valence-electron chi connectivity index (χ4n) is 4.05. The number of benzene rings is 1. The SMILES string of the molecule is Cn1cc(-c2ccc3nnc(NC(=O)C4CCN(C5CC5)CC4)cc3c2)cn1. The van der Waals surface area contributed by atoms with Crippen molar-refractivity contribution < 1.29 is 4.79 Å². The molecule has 3 heterocycles. The van der Waals surface area contributed by atoms with Crippen LogP contribution in [0.25, 0.3) is 22.0 Å². The second-order valence-corrected chi connectivity index (χ2v) is 7.94. The lowest BCUT2D eigenvalue weighted by atomic mass is 9.96. The second kappa shape index (κ2) is 6.98. The smallest absolute Gasteiger partial charge is 0.228 e. The molecule has 1 aliphatic carbocycles. The normalized spacial score (nSPS) is 18.5. The summed E-state index contributed by atoms with van der Waals surface area (Å²) in [6.45, 7) is 2.06. The van der Waals surface area contributed by atoms with E-state index in [0.29, 0.717) is 5.82 Å². The van der Waals surface area contributed by atoms with Gasteiger partial charge in [0.2, 0.25) is 5.91 Å². The third-order valence-corrected chi connectivity index (χ3v) is 5.84. The van der Waals surface area contributed by atoms with Gasteiger partial charge in [-0.3, -0.25) is 9.48 Å². The maximum absolute atomic E-state index is 12.7. The Bertz CT molecular complexity index is 1020. The fourth-order valence-corrected chi connectivity index (χ4v) is 4.05. The Kier molecular flexibility index (Phi) is 4.31. The van der Waals surface area contributed by atoms with E-state index in [2.05, 4.69) is 31.6 Å². The van der Waals surface area contributed by atoms with E-state index in [4.69, 9.17) is 0 Å². The number of fused-ring (bicyclic) bond motifs is 1. The number of piperidine rings is 1. The summed E-state index contributed by atoms with van der Waals surface area (Å²) in [4.78, 5) is 15.2. The zero-order valence-corrected chi connectivity index (χ0v) is 16.0. The zero-order chi connectivity index (χ0) is 19.1. The third-order valence-electron chi connectivity index (χ3n) is 5.84. The molecular formula is C21H24N6O. The monoisotopic (exact) mass is 376 g/mol. The highest BCUT2D eigenvalue weighted by Gasteiger charge is 2.33. The summed E-state index contributed by atoms with van der Waals surface area (Å²) in [6, 6.07) is 8.71. The van der Waals surface area contributed by atoms with Crippen molar-refractivity contribution in [3.05, 3.63) is 36.7 Å². The summed E-state index contributed by atoms with van der Waals surface area (Å²) in [5, 5.41) is 16.6. The highest BCUT2D eigenvalue weighted by molar-refractivity contribution is 5.94. The van der Waals surface area contributed by atoms with E-state index in [1.807, 2.05) is 37.6 Å². The first-order valence-corrected chi connectivity index (χ1v) is 9.97. The van der Waals surface area contributed by atoms with Crippen LogP contribution in [-0.2, 0) is 11.8 Å². The maximum Gasteiger partial charge on any atom is 0.228 e. The molecule has 0 atom stereocenters. The summed E-state index contributed by atoms with van der Waals surface area (Å²) in [5.74, 6) is 0.646. The van der Waals surface area contributed by atoms with E-state index < -0.39 is 0 Å². The number of amides is 1. The van der Waals surface area contributed by atoms with E-state index in [9.17, 15) is 4.79 Å². The highest BCUT2D eigenvalue weighted by atomic mass is 16.2. The van der Waals surface area contributed by atoms with Gasteiger partial charge in [-0.05, 0) is 62.5 Å². The van der Waals surface area contributed by atoms with Crippen LogP contribution in [0.3, 0.4) is 0 Å². The van der Waals surface area contributed by atoms with Gasteiger partial charge in [0.15, 0.2) is 5.82 Å². The average molecular weight is 376 g/mol. The molecule has 7 heteroatoms. The summed E-state index contributed by atoms with van der Waals surface area (Å²) < 4.78 is 1.78. The lowest BCUT2D eigenvalue weighted by Crippen LogP contribution is -2.39. The summed E-state index contributed by atoms with van der Waals surface area (Å²) in [7, 11) is 1.90. The van der Waals surface area contributed by atoms with Gasteiger partial charge in [-0.15, -0.1) is 10.2 Å². The molecule has 0 bridgehead atoms. The van der Waals surface area contributed by atoms with Gasteiger partial charge in [-0.25, -0.2) is 0 Å². The van der Waals surface area contributed by atoms with Gasteiger partial charge in [-0.2, -0.15) is 5.10 Å². The van der Waals surface area contributed by atoms with Gasteiger partial charge in [0, 0.05) is 36.2 Å². The number of hydrogen-bond donors (Lipinski definition) is 1. The van der Waals surface area contributed by atoms with Crippen LogP contribution in [-0.4, -0.2) is 49.9 Å². The number of carbonyl (C=O) groups is 1. The molecule has 144 valence electrons. The van der Waals surface area contributed by atoms with Crippen LogP contribution in [0.2, 0.25) is 0 Å². The topological polar surface area (TPSA) is 75.9 Å². The molecule has 0 radical (unpaired) electrons. The van der Waals surface area contributed by atoms with Crippen LogP contribution in [0.4, 0.5) is 5.82 Å². The molecule has 2 aromatic heterocycles. The number of anilines is 1. The van der Waals surface area contributed by atoms with Crippen molar-refractivity contribution in [3.63, 3.8) is 0 Å². The zero-order valence-electron chi connectivity index (χ0n) is 16.0. The molecule has 1 aromatic carbocycles. The molecule has 1 N–H and O–H groups in total. The second-order valence-electron chi connectivity index (χ2n) is 7.94. The number of hydrogen-bond acceptors (Lipinski definition) is 5. The predicted octanol–water partition coefficient (Wildman–Crippen LogP) is 2.84. The first-order chi connectivity index (χ1) is 13.7. The molecule has 5 rings (SSSR count). The van der Waals surface area contributed by atoms with Crippen molar-refractivity contribution in [1.29, 1.82) is 0 Å². The number of carbonyl (C=O) groups excluding carboxylic acids is 1. The van der Waals surface area contributed by atoms with Crippen molar-refractivity contribution in [1.82, 2.24) is 24.9 Å². The minimum Gasteiger partial charge on any atom is -0.309 e. The predicted molar refractivity (Wildman–Crippen MR) is 108 cm³/mol. The average Bonchev–Trinajstić information content (AvgIpc) is 3.48. The first-order valence-electron chi connectivity index (χ1n) is 9.97. The molecular weight excluding hydrogens is 352 g/mol. The number of likely N-dealkylation sites (tertiary alicyclic amines) is 1. The van der Waals surface area contributed by atoms with Crippen LogP contribution in [0.1, 0.15) is 25.7 Å². The lowest BCUT2D eigenvalue weighted by Gasteiger charge is -2.31. The molecule has 1 saturated heterocycles. The minimum absolute atomic E-state index is 0.0625. The molecule has 1 saturated carbocycles. The van der Waals surface area contributed by atoms with E-state index in [0.717, 1.165) is 54.0 Å². The maximum atomic E-state index is 12.7. The molecule has 28 heavy (non-hydrogen) atoms. The largest absolute Gasteiger partial charge is 0.309 e. The minimum atomic E-state index is 0.0625. The number of nitrogens with one attached hydrogen (secondary N) is 1. The molecule has 1 amide bonds. The molecule has 7 nitrogen and oxygen atoms in total. The van der Waals surface area contributed by atoms with Gasteiger partial charge in [0.1, 0.15) is 0 Å². The molecule has 3 aromatic rings. The van der Waals surface area contributed by atoms with Crippen LogP contribution in [0.5, 0.6) is 0 Å². The lowest BCUT2D eigenvalue weighted by molar-refractivity contribution is -0.121. The van der Waals surface area contributed by atoms with Crippen LogP contribution in [0, 0.1) is 5.92 Å². The van der Waals surface area contributed by atoms with Crippen molar-refractivity contribution in [2.75, 3.05) is 18.4 Å². The Hall–Kier alpha value is -2.80. The summed E-state index contributed by atoms with van der Waals surface area (Å²) in [5.41, 5.74) is 2.93. The Morgan fingerprint density at radius 3 is 2.61 bits per heavy atom. The van der Waals surface area contributed by atoms with Crippen LogP contribution < -0.4 is 5.32 Å². The van der Waals surface area contributed by atoms with Crippen LogP contribution in [0.15, 0.2) is 36.7 Å². The third kappa shape index (κ3) is 3.49. The molecule has 2 fully saturated rings. The quantitative estimate of drug-likeness (QED) is 0.758. The summed E-state index contributed by atoms with van der Waals surface area (Å²) >= 11 is 0. The van der Waals surface area contributed by atoms with Crippen molar-refractivity contribution in [2.45, 2.75) is 31.7 Å². The number of aryl methyl sites for hydroxylation is 1. The standard InChI is InChI=1S/C21H24N6O/c1-26-13-17(12-22-26)15-2-5-19-16(10-15)11-20(25-24-19)23-21(28)14-6-8-27(9-7-14)18-3-4-18/h2,5,10-14,18H,3-4,6-9H2,1H3,(H,23,25,28). The number of aromatic nitrogens is 4. The first kappa shape index (κ1) is 17.3. The Morgan fingerprint density at radius 2 is 1.89 bits per heavy atom. The fraction of sp³-hybridized carbons (Fsp3) is 0.429. The van der Waals surface area contributed by atoms with E-state index >= 15 is 0 Å². The van der Waals surface area contributed by atoms with Gasteiger partial charge >= 0.3 is 0 Å². The molecule has 0 spiro atoms. The molecule has 2 aliphatic rings. The summed E-state index contributed by atoms with van der Waals surface area (Å²) in [6.07, 6.45) is 8.32. The van der Waals surface area contributed by atoms with E-state index in [1.165, 1.54) is 12.8 Å².